The third-order valence-electron chi connectivity index (χ3n) is 7.08. The van der Waals surface area contributed by atoms with E-state index in [9.17, 15) is 4.79 Å². The lowest BCUT2D eigenvalue weighted by Crippen LogP contribution is -2.40. The van der Waals surface area contributed by atoms with Gasteiger partial charge < -0.3 is 9.84 Å². The fourth-order valence-corrected chi connectivity index (χ4v) is 5.53. The molecule has 174 valence electrons. The Balaban J connectivity index is 1.45. The van der Waals surface area contributed by atoms with Crippen molar-refractivity contribution in [3.8, 4) is 0 Å². The van der Waals surface area contributed by atoms with E-state index >= 15 is 0 Å². The van der Waals surface area contributed by atoms with E-state index < -0.39 is 6.16 Å². The SMILES string of the molecule is O=C(O)OC1CCCN(CCC=C2c3ccccc3CC(c3ccccc3)c3ccccc32)C1. The van der Waals surface area contributed by atoms with Crippen molar-refractivity contribution in [2.45, 2.75) is 37.7 Å². The molecule has 5 rings (SSSR count). The molecule has 1 heterocycles. The molecule has 4 nitrogen and oxygen atoms in total. The summed E-state index contributed by atoms with van der Waals surface area (Å²) < 4.78 is 5.04. The minimum absolute atomic E-state index is 0.218. The zero-order valence-electron chi connectivity index (χ0n) is 19.4. The van der Waals surface area contributed by atoms with E-state index in [0.717, 1.165) is 38.8 Å². The van der Waals surface area contributed by atoms with Gasteiger partial charge in [0.05, 0.1) is 0 Å². The van der Waals surface area contributed by atoms with Crippen molar-refractivity contribution in [3.63, 3.8) is 0 Å². The molecule has 1 fully saturated rings. The zero-order valence-corrected chi connectivity index (χ0v) is 19.4. The van der Waals surface area contributed by atoms with Gasteiger partial charge in [0.25, 0.3) is 0 Å². The van der Waals surface area contributed by atoms with Crippen LogP contribution < -0.4 is 0 Å². The van der Waals surface area contributed by atoms with Crippen molar-refractivity contribution < 1.29 is 14.6 Å². The normalized spacial score (nSPS) is 21.4. The predicted molar refractivity (Wildman–Crippen MR) is 135 cm³/mol. The summed E-state index contributed by atoms with van der Waals surface area (Å²) in [5, 5.41) is 8.96. The molecule has 0 saturated carbocycles. The summed E-state index contributed by atoms with van der Waals surface area (Å²) in [6.45, 7) is 2.57. The Hall–Kier alpha value is -3.37. The van der Waals surface area contributed by atoms with Gasteiger partial charge in [0.2, 0.25) is 0 Å². The van der Waals surface area contributed by atoms with E-state index in [1.807, 2.05) is 0 Å². The summed E-state index contributed by atoms with van der Waals surface area (Å²) in [6, 6.07) is 28.5. The highest BCUT2D eigenvalue weighted by Gasteiger charge is 2.26. The molecule has 0 amide bonds. The predicted octanol–water partition coefficient (Wildman–Crippen LogP) is 6.36. The number of ether oxygens (including phenoxy) is 1. The Labute approximate surface area is 201 Å². The van der Waals surface area contributed by atoms with Gasteiger partial charge in [-0.25, -0.2) is 4.79 Å². The van der Waals surface area contributed by atoms with Gasteiger partial charge in [0.1, 0.15) is 6.10 Å². The van der Waals surface area contributed by atoms with Crippen molar-refractivity contribution >= 4 is 11.7 Å². The van der Waals surface area contributed by atoms with Crippen LogP contribution in [0.2, 0.25) is 0 Å². The number of hydrogen-bond donors (Lipinski definition) is 1. The highest BCUT2D eigenvalue weighted by molar-refractivity contribution is 5.84. The van der Waals surface area contributed by atoms with Gasteiger partial charge in [-0.3, -0.25) is 4.90 Å². The Kier molecular flexibility index (Phi) is 6.77. The van der Waals surface area contributed by atoms with Gasteiger partial charge in [-0.15, -0.1) is 0 Å². The summed E-state index contributed by atoms with van der Waals surface area (Å²) in [7, 11) is 0. The molecule has 1 N–H and O–H groups in total. The first-order chi connectivity index (χ1) is 16.7. The van der Waals surface area contributed by atoms with Gasteiger partial charge in [0.15, 0.2) is 0 Å². The molecule has 0 radical (unpaired) electrons. The molecule has 0 bridgehead atoms. The number of nitrogens with zero attached hydrogens (tertiary/aromatic N) is 1. The quantitative estimate of drug-likeness (QED) is 0.457. The minimum Gasteiger partial charge on any atom is -0.450 e. The minimum atomic E-state index is -1.17. The molecule has 3 aromatic carbocycles. The zero-order chi connectivity index (χ0) is 23.3. The third-order valence-corrected chi connectivity index (χ3v) is 7.08. The first-order valence-corrected chi connectivity index (χ1v) is 12.2. The summed E-state index contributed by atoms with van der Waals surface area (Å²) in [6.07, 6.45) is 4.67. The fraction of sp³-hybridized carbons (Fsp3) is 0.300. The van der Waals surface area contributed by atoms with E-state index in [1.54, 1.807) is 0 Å². The van der Waals surface area contributed by atoms with Gasteiger partial charge in [-0.1, -0.05) is 84.9 Å². The van der Waals surface area contributed by atoms with E-state index in [1.165, 1.54) is 33.4 Å². The molecule has 0 spiro atoms. The Morgan fingerprint density at radius 1 is 0.971 bits per heavy atom. The molecular weight excluding hydrogens is 422 g/mol. The fourth-order valence-electron chi connectivity index (χ4n) is 5.53. The van der Waals surface area contributed by atoms with Crippen LogP contribution in [0.4, 0.5) is 4.79 Å². The number of carboxylic acid groups (broad SMARTS) is 1. The van der Waals surface area contributed by atoms with Gasteiger partial charge in [-0.05, 0) is 65.6 Å². The van der Waals surface area contributed by atoms with Crippen molar-refractivity contribution in [2.24, 2.45) is 0 Å². The van der Waals surface area contributed by atoms with Crippen LogP contribution in [0.5, 0.6) is 0 Å². The average Bonchev–Trinajstić information content (AvgIpc) is 3.00. The largest absolute Gasteiger partial charge is 0.506 e. The molecule has 2 atom stereocenters. The second kappa shape index (κ2) is 10.3. The number of rotatable bonds is 5. The number of likely N-dealkylation sites (tertiary alicyclic amines) is 1. The Morgan fingerprint density at radius 2 is 1.71 bits per heavy atom. The molecule has 2 aliphatic rings. The summed E-state index contributed by atoms with van der Waals surface area (Å²) in [5.41, 5.74) is 8.05. The van der Waals surface area contributed by atoms with Gasteiger partial charge in [-0.2, -0.15) is 0 Å². The Bertz CT molecular complexity index is 1170. The van der Waals surface area contributed by atoms with Crippen LogP contribution in [0.3, 0.4) is 0 Å². The van der Waals surface area contributed by atoms with Crippen LogP contribution >= 0.6 is 0 Å². The van der Waals surface area contributed by atoms with Crippen molar-refractivity contribution in [2.75, 3.05) is 19.6 Å². The number of fused-ring (bicyclic) bond motifs is 2. The number of carbonyl (C=O) groups is 1. The highest BCUT2D eigenvalue weighted by atomic mass is 16.7. The van der Waals surface area contributed by atoms with Gasteiger partial charge >= 0.3 is 6.16 Å². The molecule has 34 heavy (non-hydrogen) atoms. The van der Waals surface area contributed by atoms with Crippen molar-refractivity contribution in [1.82, 2.24) is 4.90 Å². The molecule has 2 unspecified atom stereocenters. The highest BCUT2D eigenvalue weighted by Crippen LogP contribution is 2.41. The van der Waals surface area contributed by atoms with E-state index in [-0.39, 0.29) is 6.10 Å². The van der Waals surface area contributed by atoms with E-state index in [4.69, 9.17) is 9.84 Å². The van der Waals surface area contributed by atoms with Crippen molar-refractivity contribution in [3.05, 3.63) is 113 Å². The maximum Gasteiger partial charge on any atom is 0.506 e. The second-order valence-corrected chi connectivity index (χ2v) is 9.27. The summed E-state index contributed by atoms with van der Waals surface area (Å²) in [5.74, 6) is 0.320. The molecular formula is C30H31NO3. The number of hydrogen-bond acceptors (Lipinski definition) is 3. The monoisotopic (exact) mass is 453 g/mol. The summed E-state index contributed by atoms with van der Waals surface area (Å²) in [4.78, 5) is 13.3. The van der Waals surface area contributed by atoms with Crippen LogP contribution in [-0.2, 0) is 11.2 Å². The lowest BCUT2D eigenvalue weighted by molar-refractivity contribution is 0.0140. The molecule has 1 aliphatic carbocycles. The first-order valence-electron chi connectivity index (χ1n) is 12.2. The smallest absolute Gasteiger partial charge is 0.450 e. The van der Waals surface area contributed by atoms with Gasteiger partial charge in [0, 0.05) is 19.0 Å². The molecule has 1 saturated heterocycles. The van der Waals surface area contributed by atoms with Crippen molar-refractivity contribution in [1.29, 1.82) is 0 Å². The first kappa shape index (κ1) is 22.4. The maximum atomic E-state index is 10.9. The van der Waals surface area contributed by atoms with Crippen LogP contribution in [-0.4, -0.2) is 41.9 Å². The average molecular weight is 454 g/mol. The standard InChI is InChI=1S/C30H31NO3/c32-30(33)34-24-13-8-18-31(21-24)19-9-17-26-25-14-5-4-12-23(25)20-29(22-10-2-1-3-11-22)28-16-7-6-15-27(26)28/h1-7,10-12,14-17,24,29H,8-9,13,18-21H2,(H,32,33). The van der Waals surface area contributed by atoms with Crippen LogP contribution in [0, 0.1) is 0 Å². The maximum absolute atomic E-state index is 10.9. The molecule has 0 aromatic heterocycles. The molecule has 4 heteroatoms. The van der Waals surface area contributed by atoms with Crippen LogP contribution in [0.1, 0.15) is 53.0 Å². The second-order valence-electron chi connectivity index (χ2n) is 9.27. The topological polar surface area (TPSA) is 49.8 Å². The number of piperidine rings is 1. The lowest BCUT2D eigenvalue weighted by atomic mass is 9.85. The number of benzene rings is 3. The lowest BCUT2D eigenvalue weighted by Gasteiger charge is -2.31. The summed E-state index contributed by atoms with van der Waals surface area (Å²) >= 11 is 0. The van der Waals surface area contributed by atoms with E-state index in [2.05, 4.69) is 89.8 Å². The molecule has 1 aliphatic heterocycles. The van der Waals surface area contributed by atoms with Crippen LogP contribution in [0.25, 0.3) is 5.57 Å². The Morgan fingerprint density at radius 3 is 2.53 bits per heavy atom. The molecule has 3 aromatic rings. The van der Waals surface area contributed by atoms with E-state index in [0.29, 0.717) is 12.5 Å². The third kappa shape index (κ3) is 4.92. The van der Waals surface area contributed by atoms with Crippen LogP contribution in [0.15, 0.2) is 84.9 Å².